The number of ether oxygens (including phenoxy) is 2. The van der Waals surface area contributed by atoms with Gasteiger partial charge >= 0.3 is 0 Å². The monoisotopic (exact) mass is 355 g/mol. The molecule has 0 radical (unpaired) electrons. The average molecular weight is 355 g/mol. The van der Waals surface area contributed by atoms with E-state index in [0.29, 0.717) is 0 Å². The molecule has 3 nitrogen and oxygen atoms in total. The third kappa shape index (κ3) is 3.36. The van der Waals surface area contributed by atoms with Crippen molar-refractivity contribution < 1.29 is 9.47 Å². The van der Waals surface area contributed by atoms with Crippen molar-refractivity contribution in [2.75, 3.05) is 14.2 Å². The van der Waals surface area contributed by atoms with E-state index in [9.17, 15) is 0 Å². The molecule has 4 rings (SSSR count). The van der Waals surface area contributed by atoms with Crippen LogP contribution in [0.3, 0.4) is 0 Å². The minimum absolute atomic E-state index is 0.0698. The normalized spacial score (nSPS) is 10.9. The predicted molar refractivity (Wildman–Crippen MR) is 109 cm³/mol. The summed E-state index contributed by atoms with van der Waals surface area (Å²) in [6, 6.07) is 26.9. The Labute approximate surface area is 159 Å². The van der Waals surface area contributed by atoms with E-state index in [1.165, 1.54) is 16.7 Å². The summed E-state index contributed by atoms with van der Waals surface area (Å²) in [7, 11) is 3.37. The largest absolute Gasteiger partial charge is 0.497 e. The number of aromatic nitrogens is 1. The van der Waals surface area contributed by atoms with Crippen LogP contribution < -0.4 is 9.47 Å². The van der Waals surface area contributed by atoms with Crippen molar-refractivity contribution in [2.45, 2.75) is 5.92 Å². The molecule has 3 aromatic carbocycles. The molecule has 0 bridgehead atoms. The zero-order valence-electron chi connectivity index (χ0n) is 15.4. The van der Waals surface area contributed by atoms with Crippen LogP contribution in [0, 0.1) is 0 Å². The Morgan fingerprint density at radius 3 is 1.78 bits per heavy atom. The summed E-state index contributed by atoms with van der Waals surface area (Å²) in [4.78, 5) is 4.67. The maximum Gasteiger partial charge on any atom is 0.118 e. The minimum atomic E-state index is 0.0698. The Morgan fingerprint density at radius 1 is 0.667 bits per heavy atom. The summed E-state index contributed by atoms with van der Waals surface area (Å²) in [5.74, 6) is 1.77. The molecule has 0 aliphatic heterocycles. The van der Waals surface area contributed by atoms with Crippen LogP contribution in [-0.2, 0) is 0 Å². The van der Waals surface area contributed by atoms with Gasteiger partial charge < -0.3 is 9.47 Å². The van der Waals surface area contributed by atoms with E-state index in [1.54, 1.807) is 14.2 Å². The summed E-state index contributed by atoms with van der Waals surface area (Å²) in [6.07, 6.45) is 1.85. The molecule has 4 aromatic rings. The number of rotatable bonds is 5. The third-order valence-corrected chi connectivity index (χ3v) is 4.87. The van der Waals surface area contributed by atoms with Crippen molar-refractivity contribution in [2.24, 2.45) is 0 Å². The number of fused-ring (bicyclic) bond motifs is 1. The second-order valence-electron chi connectivity index (χ2n) is 6.40. The van der Waals surface area contributed by atoms with Crippen LogP contribution >= 0.6 is 0 Å². The maximum atomic E-state index is 5.33. The van der Waals surface area contributed by atoms with E-state index < -0.39 is 0 Å². The fourth-order valence-electron chi connectivity index (χ4n) is 3.51. The highest BCUT2D eigenvalue weighted by atomic mass is 16.5. The smallest absolute Gasteiger partial charge is 0.118 e. The van der Waals surface area contributed by atoms with Crippen LogP contribution in [0.4, 0.5) is 0 Å². The molecule has 0 amide bonds. The van der Waals surface area contributed by atoms with E-state index in [0.717, 1.165) is 22.4 Å². The van der Waals surface area contributed by atoms with Crippen LogP contribution in [0.15, 0.2) is 85.1 Å². The van der Waals surface area contributed by atoms with E-state index in [-0.39, 0.29) is 5.92 Å². The van der Waals surface area contributed by atoms with Crippen LogP contribution in [0.25, 0.3) is 10.9 Å². The van der Waals surface area contributed by atoms with Crippen LogP contribution in [0.2, 0.25) is 0 Å². The summed E-state index contributed by atoms with van der Waals surface area (Å²) in [5, 5.41) is 1.14. The number of pyridine rings is 1. The van der Waals surface area contributed by atoms with Gasteiger partial charge in [0.2, 0.25) is 0 Å². The number of methoxy groups -OCH3 is 2. The third-order valence-electron chi connectivity index (χ3n) is 4.87. The lowest BCUT2D eigenvalue weighted by molar-refractivity contribution is 0.414. The van der Waals surface area contributed by atoms with Gasteiger partial charge in [0.15, 0.2) is 0 Å². The number of hydrogen-bond acceptors (Lipinski definition) is 3. The summed E-state index contributed by atoms with van der Waals surface area (Å²) in [5.41, 5.74) is 4.60. The Hall–Kier alpha value is -3.33. The second-order valence-corrected chi connectivity index (χ2v) is 6.40. The predicted octanol–water partition coefficient (Wildman–Crippen LogP) is 5.43. The fourth-order valence-corrected chi connectivity index (χ4v) is 3.51. The van der Waals surface area contributed by atoms with Gasteiger partial charge in [0.1, 0.15) is 11.5 Å². The van der Waals surface area contributed by atoms with Crippen LogP contribution in [0.5, 0.6) is 11.5 Å². The molecule has 27 heavy (non-hydrogen) atoms. The van der Waals surface area contributed by atoms with Gasteiger partial charge in [-0.05, 0) is 47.0 Å². The highest BCUT2D eigenvalue weighted by molar-refractivity contribution is 5.83. The van der Waals surface area contributed by atoms with Gasteiger partial charge in [0, 0.05) is 17.5 Å². The lowest BCUT2D eigenvalue weighted by Gasteiger charge is -2.21. The second kappa shape index (κ2) is 7.50. The fraction of sp³-hybridized carbons (Fsp3) is 0.125. The molecule has 0 spiro atoms. The molecule has 0 saturated heterocycles. The molecule has 1 heterocycles. The molecule has 0 unspecified atom stereocenters. The molecule has 0 N–H and O–H groups in total. The number of hydrogen-bond donors (Lipinski definition) is 0. The Kier molecular flexibility index (Phi) is 4.75. The SMILES string of the molecule is COc1ccc(C(c2ccc(OC)cc2)c2cccc3cccnc23)cc1. The van der Waals surface area contributed by atoms with E-state index >= 15 is 0 Å². The first kappa shape index (κ1) is 17.1. The topological polar surface area (TPSA) is 31.4 Å². The Balaban J connectivity index is 1.91. The lowest BCUT2D eigenvalue weighted by atomic mass is 9.84. The zero-order valence-corrected chi connectivity index (χ0v) is 15.4. The van der Waals surface area contributed by atoms with Gasteiger partial charge in [-0.3, -0.25) is 4.98 Å². The van der Waals surface area contributed by atoms with Crippen molar-refractivity contribution in [3.63, 3.8) is 0 Å². The standard InChI is InChI=1S/C24H21NO2/c1-26-20-12-8-17(9-13-20)23(18-10-14-21(27-2)15-11-18)22-7-3-5-19-6-4-16-25-24(19)22/h3-16,23H,1-2H3. The molecular formula is C24H21NO2. The molecule has 1 aromatic heterocycles. The first-order chi connectivity index (χ1) is 13.3. The van der Waals surface area contributed by atoms with Crippen molar-refractivity contribution in [3.8, 4) is 11.5 Å². The maximum absolute atomic E-state index is 5.33. The first-order valence-electron chi connectivity index (χ1n) is 8.91. The number of para-hydroxylation sites is 1. The van der Waals surface area contributed by atoms with Gasteiger partial charge in [0.25, 0.3) is 0 Å². The summed E-state index contributed by atoms with van der Waals surface area (Å²) < 4.78 is 10.7. The minimum Gasteiger partial charge on any atom is -0.497 e. The van der Waals surface area contributed by atoms with Gasteiger partial charge in [0.05, 0.1) is 19.7 Å². The molecule has 0 saturated carbocycles. The van der Waals surface area contributed by atoms with Gasteiger partial charge in [-0.15, -0.1) is 0 Å². The van der Waals surface area contributed by atoms with Crippen LogP contribution in [0.1, 0.15) is 22.6 Å². The lowest BCUT2D eigenvalue weighted by Crippen LogP contribution is -2.05. The van der Waals surface area contributed by atoms with Crippen molar-refractivity contribution in [1.29, 1.82) is 0 Å². The highest BCUT2D eigenvalue weighted by Gasteiger charge is 2.20. The molecule has 134 valence electrons. The highest BCUT2D eigenvalue weighted by Crippen LogP contribution is 2.36. The quantitative estimate of drug-likeness (QED) is 0.447. The number of nitrogens with zero attached hydrogens (tertiary/aromatic N) is 1. The van der Waals surface area contributed by atoms with Gasteiger partial charge in [-0.2, -0.15) is 0 Å². The average Bonchev–Trinajstić information content (AvgIpc) is 2.75. The zero-order chi connectivity index (χ0) is 18.6. The van der Waals surface area contributed by atoms with Crippen LogP contribution in [-0.4, -0.2) is 19.2 Å². The van der Waals surface area contributed by atoms with Crippen molar-refractivity contribution in [3.05, 3.63) is 102 Å². The Morgan fingerprint density at radius 2 is 1.22 bits per heavy atom. The molecule has 0 aliphatic rings. The molecule has 0 fully saturated rings. The van der Waals surface area contributed by atoms with Gasteiger partial charge in [-0.25, -0.2) is 0 Å². The summed E-state index contributed by atoms with van der Waals surface area (Å²) in [6.45, 7) is 0. The van der Waals surface area contributed by atoms with E-state index in [2.05, 4.69) is 53.5 Å². The molecule has 0 aliphatic carbocycles. The molecule has 0 atom stereocenters. The first-order valence-corrected chi connectivity index (χ1v) is 8.91. The van der Waals surface area contributed by atoms with Gasteiger partial charge in [-0.1, -0.05) is 48.5 Å². The Bertz CT molecular complexity index is 987. The summed E-state index contributed by atoms with van der Waals surface area (Å²) >= 11 is 0. The number of benzene rings is 3. The van der Waals surface area contributed by atoms with Crippen molar-refractivity contribution in [1.82, 2.24) is 4.98 Å². The van der Waals surface area contributed by atoms with E-state index in [1.807, 2.05) is 36.5 Å². The molecule has 3 heteroatoms. The van der Waals surface area contributed by atoms with E-state index in [4.69, 9.17) is 9.47 Å². The van der Waals surface area contributed by atoms with Crippen molar-refractivity contribution >= 4 is 10.9 Å². The molecular weight excluding hydrogens is 334 g/mol.